The highest BCUT2D eigenvalue weighted by Crippen LogP contribution is 2.23. The van der Waals surface area contributed by atoms with Gasteiger partial charge in [-0.15, -0.1) is 11.3 Å². The standard InChI is InChI=1S/C16H17NO3S/c1-9-7-14(11(3)21-9)15(18)17-13-6-4-5-12(8-13)10(2)16(19)20/h4-8,10H,1-3H3,(H,17,18)(H,19,20). The summed E-state index contributed by atoms with van der Waals surface area (Å²) in [5.74, 6) is -1.66. The highest BCUT2D eigenvalue weighted by atomic mass is 32.1. The fourth-order valence-corrected chi connectivity index (χ4v) is 3.00. The average Bonchev–Trinajstić information content (AvgIpc) is 2.77. The molecule has 110 valence electrons. The molecule has 2 N–H and O–H groups in total. The summed E-state index contributed by atoms with van der Waals surface area (Å²) < 4.78 is 0. The monoisotopic (exact) mass is 303 g/mol. The lowest BCUT2D eigenvalue weighted by atomic mass is 10.0. The van der Waals surface area contributed by atoms with E-state index in [2.05, 4.69) is 5.32 Å². The summed E-state index contributed by atoms with van der Waals surface area (Å²) >= 11 is 1.58. The number of carboxylic acids is 1. The number of hydrogen-bond acceptors (Lipinski definition) is 3. The normalized spacial score (nSPS) is 12.0. The first kappa shape index (κ1) is 15.3. The smallest absolute Gasteiger partial charge is 0.310 e. The van der Waals surface area contributed by atoms with Crippen LogP contribution in [0.5, 0.6) is 0 Å². The minimum absolute atomic E-state index is 0.169. The molecule has 1 aromatic carbocycles. The summed E-state index contributed by atoms with van der Waals surface area (Å²) in [7, 11) is 0. The molecule has 0 aliphatic rings. The van der Waals surface area contributed by atoms with E-state index in [0.717, 1.165) is 9.75 Å². The Hall–Kier alpha value is -2.14. The molecule has 0 radical (unpaired) electrons. The molecule has 0 fully saturated rings. The number of aryl methyl sites for hydroxylation is 2. The summed E-state index contributed by atoms with van der Waals surface area (Å²) in [5, 5.41) is 11.9. The molecule has 4 nitrogen and oxygen atoms in total. The van der Waals surface area contributed by atoms with Gasteiger partial charge in [0.15, 0.2) is 0 Å². The predicted molar refractivity (Wildman–Crippen MR) is 84.2 cm³/mol. The SMILES string of the molecule is Cc1cc(C(=O)Nc2cccc(C(C)C(=O)O)c2)c(C)s1. The molecule has 1 atom stereocenters. The van der Waals surface area contributed by atoms with Crippen LogP contribution in [0.1, 0.15) is 38.5 Å². The molecule has 1 unspecified atom stereocenters. The zero-order chi connectivity index (χ0) is 15.6. The van der Waals surface area contributed by atoms with Crippen LogP contribution in [-0.4, -0.2) is 17.0 Å². The van der Waals surface area contributed by atoms with Gasteiger partial charge in [-0.05, 0) is 44.5 Å². The van der Waals surface area contributed by atoms with Crippen molar-refractivity contribution in [3.05, 3.63) is 51.2 Å². The highest BCUT2D eigenvalue weighted by molar-refractivity contribution is 7.12. The fraction of sp³-hybridized carbons (Fsp3) is 0.250. The van der Waals surface area contributed by atoms with Gasteiger partial charge in [0.1, 0.15) is 0 Å². The number of nitrogens with one attached hydrogen (secondary N) is 1. The fourth-order valence-electron chi connectivity index (χ4n) is 2.08. The van der Waals surface area contributed by atoms with Crippen molar-refractivity contribution >= 4 is 28.9 Å². The molecule has 0 saturated heterocycles. The first-order chi connectivity index (χ1) is 9.88. The van der Waals surface area contributed by atoms with Crippen molar-refractivity contribution in [3.8, 4) is 0 Å². The van der Waals surface area contributed by atoms with Gasteiger partial charge in [-0.1, -0.05) is 12.1 Å². The number of aliphatic carboxylic acids is 1. The molecule has 1 aromatic heterocycles. The van der Waals surface area contributed by atoms with E-state index in [0.29, 0.717) is 16.8 Å². The Morgan fingerprint density at radius 1 is 1.24 bits per heavy atom. The summed E-state index contributed by atoms with van der Waals surface area (Å²) in [6, 6.07) is 8.80. The molecule has 5 heteroatoms. The van der Waals surface area contributed by atoms with Crippen LogP contribution in [-0.2, 0) is 4.79 Å². The van der Waals surface area contributed by atoms with E-state index in [1.54, 1.807) is 42.5 Å². The first-order valence-electron chi connectivity index (χ1n) is 6.59. The van der Waals surface area contributed by atoms with Crippen molar-refractivity contribution < 1.29 is 14.7 Å². The molecule has 21 heavy (non-hydrogen) atoms. The quantitative estimate of drug-likeness (QED) is 0.902. The number of anilines is 1. The van der Waals surface area contributed by atoms with Crippen LogP contribution in [0.25, 0.3) is 0 Å². The van der Waals surface area contributed by atoms with Crippen LogP contribution < -0.4 is 5.32 Å². The molecule has 1 amide bonds. The zero-order valence-electron chi connectivity index (χ0n) is 12.1. The van der Waals surface area contributed by atoms with Gasteiger partial charge in [0.25, 0.3) is 5.91 Å². The molecule has 2 aromatic rings. The number of amides is 1. The van der Waals surface area contributed by atoms with Gasteiger partial charge in [-0.3, -0.25) is 9.59 Å². The van der Waals surface area contributed by atoms with Crippen LogP contribution in [0.2, 0.25) is 0 Å². The number of carbonyl (C=O) groups is 2. The Bertz CT molecular complexity index is 691. The van der Waals surface area contributed by atoms with E-state index in [-0.39, 0.29) is 5.91 Å². The Morgan fingerprint density at radius 3 is 2.52 bits per heavy atom. The third-order valence-corrected chi connectivity index (χ3v) is 4.27. The summed E-state index contributed by atoms with van der Waals surface area (Å²) in [6.07, 6.45) is 0. The number of benzene rings is 1. The van der Waals surface area contributed by atoms with Crippen LogP contribution in [0.15, 0.2) is 30.3 Å². The Labute approximate surface area is 127 Å². The number of hydrogen-bond donors (Lipinski definition) is 2. The first-order valence-corrected chi connectivity index (χ1v) is 7.41. The second kappa shape index (κ2) is 6.10. The van der Waals surface area contributed by atoms with E-state index in [1.807, 2.05) is 19.9 Å². The molecule has 2 rings (SSSR count). The lowest BCUT2D eigenvalue weighted by molar-refractivity contribution is -0.138. The summed E-state index contributed by atoms with van der Waals surface area (Å²) in [4.78, 5) is 25.3. The topological polar surface area (TPSA) is 66.4 Å². The molecule has 0 aliphatic carbocycles. The van der Waals surface area contributed by atoms with Crippen LogP contribution in [0.3, 0.4) is 0 Å². The number of rotatable bonds is 4. The summed E-state index contributed by atoms with van der Waals surface area (Å²) in [5.41, 5.74) is 1.93. The Balaban J connectivity index is 2.20. The molecule has 0 aliphatic heterocycles. The van der Waals surface area contributed by atoms with E-state index >= 15 is 0 Å². The lowest BCUT2D eigenvalue weighted by Crippen LogP contribution is -2.13. The lowest BCUT2D eigenvalue weighted by Gasteiger charge is -2.10. The third kappa shape index (κ3) is 3.49. The van der Waals surface area contributed by atoms with Gasteiger partial charge in [-0.2, -0.15) is 0 Å². The van der Waals surface area contributed by atoms with Crippen LogP contribution in [0.4, 0.5) is 5.69 Å². The molecular formula is C16H17NO3S. The third-order valence-electron chi connectivity index (χ3n) is 3.30. The van der Waals surface area contributed by atoms with Gasteiger partial charge >= 0.3 is 5.97 Å². The zero-order valence-corrected chi connectivity index (χ0v) is 13.0. The van der Waals surface area contributed by atoms with Crippen molar-refractivity contribution in [2.75, 3.05) is 5.32 Å². The van der Waals surface area contributed by atoms with Gasteiger partial charge in [0.2, 0.25) is 0 Å². The molecule has 0 bridgehead atoms. The van der Waals surface area contributed by atoms with E-state index in [9.17, 15) is 9.59 Å². The molecule has 0 saturated carbocycles. The largest absolute Gasteiger partial charge is 0.481 e. The van der Waals surface area contributed by atoms with Crippen molar-refractivity contribution in [1.29, 1.82) is 0 Å². The number of thiophene rings is 1. The van der Waals surface area contributed by atoms with Gasteiger partial charge in [0.05, 0.1) is 11.5 Å². The van der Waals surface area contributed by atoms with Crippen molar-refractivity contribution in [2.45, 2.75) is 26.7 Å². The second-order valence-corrected chi connectivity index (χ2v) is 6.43. The molecule has 0 spiro atoms. The maximum atomic E-state index is 12.2. The van der Waals surface area contributed by atoms with Gasteiger partial charge < -0.3 is 10.4 Å². The van der Waals surface area contributed by atoms with Gasteiger partial charge in [-0.25, -0.2) is 0 Å². The molecular weight excluding hydrogens is 286 g/mol. The highest BCUT2D eigenvalue weighted by Gasteiger charge is 2.15. The minimum Gasteiger partial charge on any atom is -0.481 e. The van der Waals surface area contributed by atoms with E-state index in [1.165, 1.54) is 0 Å². The summed E-state index contributed by atoms with van der Waals surface area (Å²) in [6.45, 7) is 5.49. The van der Waals surface area contributed by atoms with Gasteiger partial charge in [0, 0.05) is 15.4 Å². The van der Waals surface area contributed by atoms with E-state index < -0.39 is 11.9 Å². The minimum atomic E-state index is -0.886. The Kier molecular flexibility index (Phi) is 4.43. The van der Waals surface area contributed by atoms with E-state index in [4.69, 9.17) is 5.11 Å². The van der Waals surface area contributed by atoms with Crippen LogP contribution >= 0.6 is 11.3 Å². The Morgan fingerprint density at radius 2 is 1.95 bits per heavy atom. The maximum Gasteiger partial charge on any atom is 0.310 e. The number of carboxylic acid groups (broad SMARTS) is 1. The van der Waals surface area contributed by atoms with Crippen LogP contribution in [0, 0.1) is 13.8 Å². The average molecular weight is 303 g/mol. The maximum absolute atomic E-state index is 12.2. The number of carbonyl (C=O) groups excluding carboxylic acids is 1. The van der Waals surface area contributed by atoms with Crippen molar-refractivity contribution in [3.63, 3.8) is 0 Å². The predicted octanol–water partition coefficient (Wildman–Crippen LogP) is 3.81. The van der Waals surface area contributed by atoms with Crippen molar-refractivity contribution in [2.24, 2.45) is 0 Å². The second-order valence-electron chi connectivity index (χ2n) is 4.97. The molecule has 1 heterocycles. The van der Waals surface area contributed by atoms with Crippen molar-refractivity contribution in [1.82, 2.24) is 0 Å².